The number of hydrogen-bond acceptors (Lipinski definition) is 2. The summed E-state index contributed by atoms with van der Waals surface area (Å²) in [6.07, 6.45) is 6.36. The summed E-state index contributed by atoms with van der Waals surface area (Å²) < 4.78 is 1.77. The van der Waals surface area contributed by atoms with Crippen molar-refractivity contribution in [3.05, 3.63) is 53.3 Å². The van der Waals surface area contributed by atoms with Gasteiger partial charge in [0.05, 0.1) is 6.20 Å². The van der Waals surface area contributed by atoms with Crippen LogP contribution in [0.5, 0.6) is 0 Å². The lowest BCUT2D eigenvalue weighted by Crippen LogP contribution is -2.51. The third-order valence-electron chi connectivity index (χ3n) is 4.15. The summed E-state index contributed by atoms with van der Waals surface area (Å²) in [6, 6.07) is 8.29. The summed E-state index contributed by atoms with van der Waals surface area (Å²) >= 11 is 0. The Morgan fingerprint density at radius 3 is 2.59 bits per heavy atom. The molecule has 2 N–H and O–H groups in total. The molecule has 0 atom stereocenters. The molecule has 1 aliphatic carbocycles. The van der Waals surface area contributed by atoms with Crippen LogP contribution in [0.4, 0.5) is 4.79 Å². The average Bonchev–Trinajstić information content (AvgIpc) is 3.00. The molecule has 0 aliphatic heterocycles. The Balaban J connectivity index is 1.48. The maximum absolute atomic E-state index is 12.1. The highest BCUT2D eigenvalue weighted by atomic mass is 16.2. The van der Waals surface area contributed by atoms with E-state index in [0.717, 1.165) is 24.8 Å². The van der Waals surface area contributed by atoms with Gasteiger partial charge in [-0.3, -0.25) is 4.68 Å². The number of hydrogen-bond donors (Lipinski definition) is 2. The zero-order valence-corrected chi connectivity index (χ0v) is 13.1. The van der Waals surface area contributed by atoms with Gasteiger partial charge in [-0.25, -0.2) is 4.79 Å². The van der Waals surface area contributed by atoms with Crippen LogP contribution in [0, 0.1) is 0 Å². The molecule has 0 bridgehead atoms. The summed E-state index contributed by atoms with van der Waals surface area (Å²) in [4.78, 5) is 12.1. The number of nitrogens with zero attached hydrogens (tertiary/aromatic N) is 2. The van der Waals surface area contributed by atoms with E-state index in [0.29, 0.717) is 6.54 Å². The molecular formula is C17H22N4O. The lowest BCUT2D eigenvalue weighted by Gasteiger charge is -2.25. The Hall–Kier alpha value is -2.30. The topological polar surface area (TPSA) is 59.0 Å². The molecule has 2 amide bonds. The Morgan fingerprint density at radius 1 is 1.32 bits per heavy atom. The summed E-state index contributed by atoms with van der Waals surface area (Å²) in [6.45, 7) is 2.72. The van der Waals surface area contributed by atoms with Crippen LogP contribution in [0.25, 0.3) is 0 Å². The highest BCUT2D eigenvalue weighted by Crippen LogP contribution is 2.29. The minimum atomic E-state index is -0.192. The van der Waals surface area contributed by atoms with E-state index in [1.807, 2.05) is 19.4 Å². The molecule has 1 aromatic heterocycles. The third kappa shape index (κ3) is 3.30. The predicted octanol–water partition coefficient (Wildman–Crippen LogP) is 1.82. The Kier molecular flexibility index (Phi) is 3.88. The van der Waals surface area contributed by atoms with Crippen molar-refractivity contribution in [2.45, 2.75) is 31.7 Å². The van der Waals surface area contributed by atoms with Gasteiger partial charge in [0.1, 0.15) is 0 Å². The van der Waals surface area contributed by atoms with Crippen molar-refractivity contribution in [1.82, 2.24) is 20.4 Å². The van der Waals surface area contributed by atoms with E-state index in [2.05, 4.69) is 46.9 Å². The van der Waals surface area contributed by atoms with Crippen molar-refractivity contribution in [3.8, 4) is 0 Å². The largest absolute Gasteiger partial charge is 0.338 e. The monoisotopic (exact) mass is 298 g/mol. The maximum Gasteiger partial charge on any atom is 0.315 e. The number of carbonyl (C=O) groups is 1. The first-order valence-corrected chi connectivity index (χ1v) is 7.64. The first-order valence-electron chi connectivity index (χ1n) is 7.64. The van der Waals surface area contributed by atoms with Crippen LogP contribution in [-0.4, -0.2) is 27.9 Å². The van der Waals surface area contributed by atoms with E-state index in [1.54, 1.807) is 4.68 Å². The van der Waals surface area contributed by atoms with E-state index in [9.17, 15) is 4.79 Å². The lowest BCUT2D eigenvalue weighted by atomic mass is 9.99. The van der Waals surface area contributed by atoms with Crippen LogP contribution in [0.15, 0.2) is 36.7 Å². The van der Waals surface area contributed by atoms with Crippen molar-refractivity contribution >= 4 is 6.03 Å². The van der Waals surface area contributed by atoms with Gasteiger partial charge in [0.2, 0.25) is 0 Å². The number of benzene rings is 1. The number of carbonyl (C=O) groups excluding carboxylic acids is 1. The van der Waals surface area contributed by atoms with Gasteiger partial charge in [-0.05, 0) is 42.9 Å². The van der Waals surface area contributed by atoms with Gasteiger partial charge in [0, 0.05) is 25.3 Å². The standard InChI is InChI=1S/C17H22N4O/c1-17(9-14-5-3-4-6-15(14)10-17)20-16(22)18-8-7-13-11-19-21(2)12-13/h3-6,11-12H,7-10H2,1-2H3,(H2,18,20,22). The molecule has 1 aromatic carbocycles. The number of fused-ring (bicyclic) bond motifs is 1. The second kappa shape index (κ2) is 5.83. The van der Waals surface area contributed by atoms with E-state index >= 15 is 0 Å². The molecule has 5 nitrogen and oxygen atoms in total. The number of amides is 2. The molecule has 22 heavy (non-hydrogen) atoms. The zero-order chi connectivity index (χ0) is 15.6. The van der Waals surface area contributed by atoms with E-state index in [-0.39, 0.29) is 11.6 Å². The molecule has 0 spiro atoms. The van der Waals surface area contributed by atoms with E-state index < -0.39 is 0 Å². The molecule has 0 saturated carbocycles. The average molecular weight is 298 g/mol. The minimum Gasteiger partial charge on any atom is -0.338 e. The molecule has 1 heterocycles. The Labute approximate surface area is 130 Å². The van der Waals surface area contributed by atoms with Crippen LogP contribution in [0.1, 0.15) is 23.6 Å². The van der Waals surface area contributed by atoms with E-state index in [1.165, 1.54) is 11.1 Å². The summed E-state index contributed by atoms with van der Waals surface area (Å²) in [5.41, 5.74) is 3.60. The summed E-state index contributed by atoms with van der Waals surface area (Å²) in [5, 5.41) is 10.2. The highest BCUT2D eigenvalue weighted by Gasteiger charge is 2.33. The normalized spacial score (nSPS) is 15.4. The van der Waals surface area contributed by atoms with Crippen molar-refractivity contribution in [3.63, 3.8) is 0 Å². The van der Waals surface area contributed by atoms with Gasteiger partial charge >= 0.3 is 6.03 Å². The molecule has 2 aromatic rings. The Morgan fingerprint density at radius 2 is 2.00 bits per heavy atom. The molecule has 1 aliphatic rings. The van der Waals surface area contributed by atoms with Crippen LogP contribution < -0.4 is 10.6 Å². The van der Waals surface area contributed by atoms with Crippen molar-refractivity contribution in [2.24, 2.45) is 7.05 Å². The zero-order valence-electron chi connectivity index (χ0n) is 13.1. The number of rotatable bonds is 4. The molecule has 116 valence electrons. The lowest BCUT2D eigenvalue weighted by molar-refractivity contribution is 0.228. The fraction of sp³-hybridized carbons (Fsp3) is 0.412. The van der Waals surface area contributed by atoms with Gasteiger partial charge in [-0.15, -0.1) is 0 Å². The van der Waals surface area contributed by atoms with Gasteiger partial charge < -0.3 is 10.6 Å². The number of aryl methyl sites for hydroxylation is 1. The molecule has 0 radical (unpaired) electrons. The smallest absolute Gasteiger partial charge is 0.315 e. The SMILES string of the molecule is Cn1cc(CCNC(=O)NC2(C)Cc3ccccc3C2)cn1. The molecule has 0 fully saturated rings. The second-order valence-corrected chi connectivity index (χ2v) is 6.34. The summed E-state index contributed by atoms with van der Waals surface area (Å²) in [7, 11) is 1.89. The maximum atomic E-state index is 12.1. The third-order valence-corrected chi connectivity index (χ3v) is 4.15. The van der Waals surface area contributed by atoms with Crippen molar-refractivity contribution in [1.29, 1.82) is 0 Å². The van der Waals surface area contributed by atoms with Crippen LogP contribution in [0.3, 0.4) is 0 Å². The summed E-state index contributed by atoms with van der Waals surface area (Å²) in [5.74, 6) is 0. The first-order chi connectivity index (χ1) is 10.5. The van der Waals surface area contributed by atoms with Gasteiger partial charge in [0.25, 0.3) is 0 Å². The number of aromatic nitrogens is 2. The van der Waals surface area contributed by atoms with Gasteiger partial charge in [0.15, 0.2) is 0 Å². The van der Waals surface area contributed by atoms with Gasteiger partial charge in [-0.2, -0.15) is 5.10 Å². The molecular weight excluding hydrogens is 276 g/mol. The number of nitrogens with one attached hydrogen (secondary N) is 2. The minimum absolute atomic E-state index is 0.0980. The van der Waals surface area contributed by atoms with Crippen LogP contribution in [-0.2, 0) is 26.3 Å². The number of urea groups is 1. The highest BCUT2D eigenvalue weighted by molar-refractivity contribution is 5.75. The molecule has 5 heteroatoms. The van der Waals surface area contributed by atoms with Crippen LogP contribution in [0.2, 0.25) is 0 Å². The molecule has 0 saturated heterocycles. The molecule has 0 unspecified atom stereocenters. The fourth-order valence-electron chi connectivity index (χ4n) is 3.13. The quantitative estimate of drug-likeness (QED) is 0.904. The fourth-order valence-corrected chi connectivity index (χ4v) is 3.13. The van der Waals surface area contributed by atoms with Crippen LogP contribution >= 0.6 is 0 Å². The second-order valence-electron chi connectivity index (χ2n) is 6.34. The molecule has 3 rings (SSSR count). The van der Waals surface area contributed by atoms with Crippen molar-refractivity contribution < 1.29 is 4.79 Å². The Bertz CT molecular complexity index is 652. The predicted molar refractivity (Wildman–Crippen MR) is 85.7 cm³/mol. The first kappa shape index (κ1) is 14.6. The van der Waals surface area contributed by atoms with Crippen molar-refractivity contribution in [2.75, 3.05) is 6.54 Å². The van der Waals surface area contributed by atoms with E-state index in [4.69, 9.17) is 0 Å². The van der Waals surface area contributed by atoms with Gasteiger partial charge in [-0.1, -0.05) is 24.3 Å².